The second-order valence-electron chi connectivity index (χ2n) is 6.97. The molecule has 1 aliphatic rings. The highest BCUT2D eigenvalue weighted by Crippen LogP contribution is 2.22. The quantitative estimate of drug-likeness (QED) is 0.743. The summed E-state index contributed by atoms with van der Waals surface area (Å²) in [7, 11) is 0. The monoisotopic (exact) mass is 373 g/mol. The molecular formula is C22H23N5O. The van der Waals surface area contributed by atoms with E-state index in [9.17, 15) is 4.79 Å². The molecule has 1 aromatic carbocycles. The Morgan fingerprint density at radius 2 is 1.79 bits per heavy atom. The summed E-state index contributed by atoms with van der Waals surface area (Å²) in [6.07, 6.45) is 7.46. The highest BCUT2D eigenvalue weighted by atomic mass is 16.1. The largest absolute Gasteiger partial charge is 0.341 e. The van der Waals surface area contributed by atoms with E-state index >= 15 is 0 Å². The van der Waals surface area contributed by atoms with Crippen molar-refractivity contribution in [3.05, 3.63) is 83.4 Å². The Morgan fingerprint density at radius 3 is 2.46 bits per heavy atom. The number of anilines is 1. The molecule has 1 saturated heterocycles. The highest BCUT2D eigenvalue weighted by Gasteiger charge is 2.21. The van der Waals surface area contributed by atoms with Gasteiger partial charge in [-0.3, -0.25) is 9.78 Å². The van der Waals surface area contributed by atoms with Gasteiger partial charge in [-0.25, -0.2) is 9.97 Å². The van der Waals surface area contributed by atoms with Crippen LogP contribution in [0.1, 0.15) is 46.1 Å². The summed E-state index contributed by atoms with van der Waals surface area (Å²) in [5, 5.41) is 3.12. The smallest absolute Gasteiger partial charge is 0.255 e. The highest BCUT2D eigenvalue weighted by molar-refractivity contribution is 5.95. The second kappa shape index (κ2) is 8.17. The minimum atomic E-state index is -0.292. The lowest BCUT2D eigenvalue weighted by molar-refractivity contribution is 0.0941. The third-order valence-corrected chi connectivity index (χ3v) is 5.03. The van der Waals surface area contributed by atoms with Crippen molar-refractivity contribution in [2.75, 3.05) is 18.0 Å². The minimum absolute atomic E-state index is 0.192. The van der Waals surface area contributed by atoms with Gasteiger partial charge < -0.3 is 10.2 Å². The SMILES string of the molecule is Cc1nc(N2CCCC2)ncc1C(=O)N[C@H](c1ccccc1)c1cccnc1. The lowest BCUT2D eigenvalue weighted by Crippen LogP contribution is -2.30. The van der Waals surface area contributed by atoms with Gasteiger partial charge in [0.25, 0.3) is 5.91 Å². The molecule has 6 heteroatoms. The molecule has 1 aliphatic heterocycles. The Bertz CT molecular complexity index is 900. The first-order valence-corrected chi connectivity index (χ1v) is 9.57. The molecule has 0 unspecified atom stereocenters. The summed E-state index contributed by atoms with van der Waals surface area (Å²) >= 11 is 0. The molecular weight excluding hydrogens is 350 g/mol. The van der Waals surface area contributed by atoms with Crippen LogP contribution >= 0.6 is 0 Å². The van der Waals surface area contributed by atoms with Crippen LogP contribution in [0.4, 0.5) is 5.95 Å². The molecule has 0 bridgehead atoms. The average molecular weight is 373 g/mol. The van der Waals surface area contributed by atoms with E-state index in [1.165, 1.54) is 0 Å². The van der Waals surface area contributed by atoms with E-state index < -0.39 is 0 Å². The third kappa shape index (κ3) is 3.86. The fraction of sp³-hybridized carbons (Fsp3) is 0.273. The number of benzene rings is 1. The average Bonchev–Trinajstić information content (AvgIpc) is 3.28. The number of pyridine rings is 1. The van der Waals surface area contributed by atoms with Crippen molar-refractivity contribution < 1.29 is 4.79 Å². The molecule has 28 heavy (non-hydrogen) atoms. The predicted octanol–water partition coefficient (Wildman–Crippen LogP) is 3.30. The molecule has 3 heterocycles. The van der Waals surface area contributed by atoms with Gasteiger partial charge in [-0.1, -0.05) is 36.4 Å². The fourth-order valence-corrected chi connectivity index (χ4v) is 3.51. The van der Waals surface area contributed by atoms with E-state index in [0.717, 1.165) is 37.1 Å². The van der Waals surface area contributed by atoms with Gasteiger partial charge in [0, 0.05) is 31.7 Å². The number of aromatic nitrogens is 3. The van der Waals surface area contributed by atoms with Gasteiger partial charge in [-0.2, -0.15) is 0 Å². The number of hydrogen-bond acceptors (Lipinski definition) is 5. The molecule has 0 saturated carbocycles. The van der Waals surface area contributed by atoms with E-state index in [2.05, 4.69) is 25.2 Å². The number of nitrogens with one attached hydrogen (secondary N) is 1. The Morgan fingerprint density at radius 1 is 1.04 bits per heavy atom. The van der Waals surface area contributed by atoms with Crippen molar-refractivity contribution >= 4 is 11.9 Å². The number of nitrogens with zero attached hydrogens (tertiary/aromatic N) is 4. The summed E-state index contributed by atoms with van der Waals surface area (Å²) in [5.41, 5.74) is 3.10. The Labute approximate surface area is 164 Å². The predicted molar refractivity (Wildman–Crippen MR) is 108 cm³/mol. The van der Waals surface area contributed by atoms with Gasteiger partial charge in [0.2, 0.25) is 5.95 Å². The lowest BCUT2D eigenvalue weighted by atomic mass is 10.00. The van der Waals surface area contributed by atoms with Crippen molar-refractivity contribution in [1.82, 2.24) is 20.3 Å². The number of hydrogen-bond donors (Lipinski definition) is 1. The number of carbonyl (C=O) groups excluding carboxylic acids is 1. The van der Waals surface area contributed by atoms with Crippen LogP contribution in [-0.2, 0) is 0 Å². The standard InChI is InChI=1S/C22H23N5O/c1-16-19(15-24-22(25-16)27-12-5-6-13-27)21(28)26-20(17-8-3-2-4-9-17)18-10-7-11-23-14-18/h2-4,7-11,14-15,20H,5-6,12-13H2,1H3,(H,26,28)/t20-/m1/s1. The molecule has 0 aliphatic carbocycles. The number of rotatable bonds is 5. The maximum atomic E-state index is 13.0. The first kappa shape index (κ1) is 18.1. The van der Waals surface area contributed by atoms with E-state index in [4.69, 9.17) is 0 Å². The fourth-order valence-electron chi connectivity index (χ4n) is 3.51. The van der Waals surface area contributed by atoms with Crippen molar-refractivity contribution in [2.45, 2.75) is 25.8 Å². The van der Waals surface area contributed by atoms with Crippen molar-refractivity contribution in [3.63, 3.8) is 0 Å². The molecule has 6 nitrogen and oxygen atoms in total. The van der Waals surface area contributed by atoms with Gasteiger partial charge in [0.15, 0.2) is 0 Å². The first-order chi connectivity index (χ1) is 13.7. The number of amides is 1. The van der Waals surface area contributed by atoms with Gasteiger partial charge in [-0.05, 0) is 37.0 Å². The minimum Gasteiger partial charge on any atom is -0.341 e. The normalized spacial score (nSPS) is 14.7. The summed E-state index contributed by atoms with van der Waals surface area (Å²) < 4.78 is 0. The van der Waals surface area contributed by atoms with Crippen LogP contribution in [0, 0.1) is 6.92 Å². The number of carbonyl (C=O) groups is 1. The second-order valence-corrected chi connectivity index (χ2v) is 6.97. The molecule has 3 aromatic rings. The maximum Gasteiger partial charge on any atom is 0.255 e. The molecule has 4 rings (SSSR count). The molecule has 2 aromatic heterocycles. The van der Waals surface area contributed by atoms with Gasteiger partial charge in [-0.15, -0.1) is 0 Å². The third-order valence-electron chi connectivity index (χ3n) is 5.03. The van der Waals surface area contributed by atoms with Crippen LogP contribution < -0.4 is 10.2 Å². The molecule has 142 valence electrons. The zero-order chi connectivity index (χ0) is 19.3. The molecule has 0 radical (unpaired) electrons. The van der Waals surface area contributed by atoms with Gasteiger partial charge in [0.05, 0.1) is 17.3 Å². The van der Waals surface area contributed by atoms with Crippen molar-refractivity contribution in [1.29, 1.82) is 0 Å². The summed E-state index contributed by atoms with van der Waals surface area (Å²) in [6.45, 7) is 3.81. The van der Waals surface area contributed by atoms with Crippen LogP contribution in [0.3, 0.4) is 0 Å². The Balaban J connectivity index is 1.59. The van der Waals surface area contributed by atoms with Crippen molar-refractivity contribution in [3.8, 4) is 0 Å². The zero-order valence-corrected chi connectivity index (χ0v) is 15.9. The van der Waals surface area contributed by atoms with E-state index in [-0.39, 0.29) is 11.9 Å². The molecule has 1 fully saturated rings. The van der Waals surface area contributed by atoms with Crippen LogP contribution in [0.15, 0.2) is 61.1 Å². The zero-order valence-electron chi connectivity index (χ0n) is 15.9. The Kier molecular flexibility index (Phi) is 5.28. The van der Waals surface area contributed by atoms with Gasteiger partial charge >= 0.3 is 0 Å². The maximum absolute atomic E-state index is 13.0. The van der Waals surface area contributed by atoms with Crippen LogP contribution in [0.25, 0.3) is 0 Å². The van der Waals surface area contributed by atoms with Crippen LogP contribution in [0.2, 0.25) is 0 Å². The summed E-state index contributed by atoms with van der Waals surface area (Å²) in [5.74, 6) is 0.515. The van der Waals surface area contributed by atoms with Gasteiger partial charge in [0.1, 0.15) is 0 Å². The molecule has 0 spiro atoms. The summed E-state index contributed by atoms with van der Waals surface area (Å²) in [4.78, 5) is 28.4. The molecule has 1 N–H and O–H groups in total. The topological polar surface area (TPSA) is 71.0 Å². The molecule has 1 amide bonds. The van der Waals surface area contributed by atoms with E-state index in [0.29, 0.717) is 17.2 Å². The Hall–Kier alpha value is -3.28. The lowest BCUT2D eigenvalue weighted by Gasteiger charge is -2.20. The number of aryl methyl sites for hydroxylation is 1. The van der Waals surface area contributed by atoms with E-state index in [1.54, 1.807) is 18.6 Å². The first-order valence-electron chi connectivity index (χ1n) is 9.57. The molecule has 1 atom stereocenters. The van der Waals surface area contributed by atoms with Crippen molar-refractivity contribution in [2.24, 2.45) is 0 Å². The summed E-state index contributed by atoms with van der Waals surface area (Å²) in [6, 6.07) is 13.4. The van der Waals surface area contributed by atoms with Crippen LogP contribution in [0.5, 0.6) is 0 Å². The van der Waals surface area contributed by atoms with E-state index in [1.807, 2.05) is 49.4 Å². The van der Waals surface area contributed by atoms with Crippen LogP contribution in [-0.4, -0.2) is 33.9 Å².